The monoisotopic (exact) mass is 199 g/mol. The number of halogens is 1. The second-order valence-corrected chi connectivity index (χ2v) is 3.55. The number of hydrogen-bond donors (Lipinski definition) is 1. The fraction of sp³-hybridized carbons (Fsp3) is 0.400. The van der Waals surface area contributed by atoms with Crippen LogP contribution in [0.1, 0.15) is 11.6 Å². The van der Waals surface area contributed by atoms with Crippen molar-refractivity contribution >= 4 is 12.6 Å². The summed E-state index contributed by atoms with van der Waals surface area (Å²) in [6, 6.07) is 6.87. The molecule has 0 N–H and O–H groups in total. The van der Waals surface area contributed by atoms with E-state index >= 15 is 0 Å². The molecule has 0 aliphatic carbocycles. The molecule has 1 aromatic carbocycles. The first-order chi connectivity index (χ1) is 6.16. The Hall–Kier alpha value is -0.540. The summed E-state index contributed by atoms with van der Waals surface area (Å²) in [4.78, 5) is 1.96. The van der Waals surface area contributed by atoms with E-state index in [1.165, 1.54) is 6.07 Å². The minimum Gasteiger partial charge on any atom is -0.301 e. The molecule has 1 nitrogen and oxygen atoms in total. The van der Waals surface area contributed by atoms with Gasteiger partial charge in [-0.1, -0.05) is 18.2 Å². The molecule has 0 aliphatic heterocycles. The molecule has 1 rings (SSSR count). The van der Waals surface area contributed by atoms with Crippen molar-refractivity contribution in [2.45, 2.75) is 6.04 Å². The van der Waals surface area contributed by atoms with Crippen molar-refractivity contribution < 1.29 is 4.39 Å². The van der Waals surface area contributed by atoms with Gasteiger partial charge in [-0.15, -0.1) is 0 Å². The third kappa shape index (κ3) is 2.45. The third-order valence-electron chi connectivity index (χ3n) is 2.06. The van der Waals surface area contributed by atoms with E-state index in [2.05, 4.69) is 12.6 Å². The Bertz CT molecular complexity index is 275. The molecule has 0 saturated heterocycles. The van der Waals surface area contributed by atoms with Crippen LogP contribution in [0.25, 0.3) is 0 Å². The van der Waals surface area contributed by atoms with Crippen LogP contribution in [0, 0.1) is 5.82 Å². The minimum atomic E-state index is -0.157. The molecule has 1 aromatic rings. The maximum absolute atomic E-state index is 13.3. The van der Waals surface area contributed by atoms with Crippen molar-refractivity contribution in [1.29, 1.82) is 0 Å². The molecule has 3 heteroatoms. The van der Waals surface area contributed by atoms with Crippen LogP contribution in [0.2, 0.25) is 0 Å². The highest BCUT2D eigenvalue weighted by Gasteiger charge is 2.15. The Balaban J connectivity index is 2.97. The number of benzene rings is 1. The second kappa shape index (κ2) is 4.63. The fourth-order valence-electron chi connectivity index (χ4n) is 1.29. The van der Waals surface area contributed by atoms with Gasteiger partial charge in [-0.05, 0) is 20.2 Å². The molecule has 0 aliphatic rings. The highest BCUT2D eigenvalue weighted by atomic mass is 32.1. The van der Waals surface area contributed by atoms with Gasteiger partial charge in [0.15, 0.2) is 0 Å². The van der Waals surface area contributed by atoms with E-state index < -0.39 is 0 Å². The van der Waals surface area contributed by atoms with E-state index in [0.29, 0.717) is 11.3 Å². The summed E-state index contributed by atoms with van der Waals surface area (Å²) in [6.45, 7) is 0. The van der Waals surface area contributed by atoms with Gasteiger partial charge < -0.3 is 4.90 Å². The SMILES string of the molecule is CN(C)C(CS)c1ccccc1F. The fourth-order valence-corrected chi connectivity index (χ4v) is 1.81. The van der Waals surface area contributed by atoms with Crippen LogP contribution >= 0.6 is 12.6 Å². The van der Waals surface area contributed by atoms with Gasteiger partial charge in [0.2, 0.25) is 0 Å². The van der Waals surface area contributed by atoms with Crippen LogP contribution in [0.15, 0.2) is 24.3 Å². The minimum absolute atomic E-state index is 0.0459. The summed E-state index contributed by atoms with van der Waals surface area (Å²) < 4.78 is 13.3. The van der Waals surface area contributed by atoms with E-state index in [1.807, 2.05) is 25.1 Å². The van der Waals surface area contributed by atoms with Gasteiger partial charge in [0.1, 0.15) is 5.82 Å². The summed E-state index contributed by atoms with van der Waals surface area (Å²) >= 11 is 4.21. The number of rotatable bonds is 3. The quantitative estimate of drug-likeness (QED) is 0.731. The standard InChI is InChI=1S/C10H14FNS/c1-12(2)10(7-13)8-5-3-4-6-9(8)11/h3-6,10,13H,7H2,1-2H3. The smallest absolute Gasteiger partial charge is 0.128 e. The number of hydrogen-bond acceptors (Lipinski definition) is 2. The van der Waals surface area contributed by atoms with Crippen molar-refractivity contribution in [2.24, 2.45) is 0 Å². The summed E-state index contributed by atoms with van der Waals surface area (Å²) in [5, 5.41) is 0. The average molecular weight is 199 g/mol. The maximum Gasteiger partial charge on any atom is 0.128 e. The van der Waals surface area contributed by atoms with E-state index in [1.54, 1.807) is 12.1 Å². The largest absolute Gasteiger partial charge is 0.301 e. The Morgan fingerprint density at radius 1 is 1.38 bits per heavy atom. The molecular weight excluding hydrogens is 185 g/mol. The lowest BCUT2D eigenvalue weighted by molar-refractivity contribution is 0.318. The molecular formula is C10H14FNS. The van der Waals surface area contributed by atoms with Crippen LogP contribution in [0.5, 0.6) is 0 Å². The summed E-state index contributed by atoms with van der Waals surface area (Å²) in [5.41, 5.74) is 0.711. The highest BCUT2D eigenvalue weighted by molar-refractivity contribution is 7.80. The molecule has 0 aromatic heterocycles. The normalized spacial score (nSPS) is 13.3. The van der Waals surface area contributed by atoms with Crippen molar-refractivity contribution in [1.82, 2.24) is 4.90 Å². The molecule has 0 heterocycles. The predicted molar refractivity (Wildman–Crippen MR) is 56.7 cm³/mol. The molecule has 0 fully saturated rings. The van der Waals surface area contributed by atoms with E-state index in [0.717, 1.165) is 0 Å². The highest BCUT2D eigenvalue weighted by Crippen LogP contribution is 2.21. The molecule has 0 bridgehead atoms. The molecule has 0 spiro atoms. The summed E-state index contributed by atoms with van der Waals surface area (Å²) in [5.74, 6) is 0.462. The van der Waals surface area contributed by atoms with Crippen molar-refractivity contribution in [3.8, 4) is 0 Å². The van der Waals surface area contributed by atoms with Gasteiger partial charge in [-0.25, -0.2) is 4.39 Å². The molecule has 1 unspecified atom stereocenters. The topological polar surface area (TPSA) is 3.24 Å². The second-order valence-electron chi connectivity index (χ2n) is 3.18. The lowest BCUT2D eigenvalue weighted by Gasteiger charge is -2.23. The van der Waals surface area contributed by atoms with Gasteiger partial charge in [0.25, 0.3) is 0 Å². The number of nitrogens with zero attached hydrogens (tertiary/aromatic N) is 1. The zero-order valence-electron chi connectivity index (χ0n) is 7.87. The molecule has 13 heavy (non-hydrogen) atoms. The first-order valence-electron chi connectivity index (χ1n) is 4.18. The third-order valence-corrected chi connectivity index (χ3v) is 2.41. The lowest BCUT2D eigenvalue weighted by Crippen LogP contribution is -2.22. The summed E-state index contributed by atoms with van der Waals surface area (Å²) in [6.07, 6.45) is 0. The Labute approximate surface area is 84.0 Å². The Morgan fingerprint density at radius 3 is 2.46 bits per heavy atom. The molecule has 0 amide bonds. The van der Waals surface area contributed by atoms with E-state index in [9.17, 15) is 4.39 Å². The van der Waals surface area contributed by atoms with Crippen LogP contribution < -0.4 is 0 Å². The lowest BCUT2D eigenvalue weighted by atomic mass is 10.1. The van der Waals surface area contributed by atoms with Crippen LogP contribution in [-0.4, -0.2) is 24.7 Å². The molecule has 0 saturated carbocycles. The van der Waals surface area contributed by atoms with E-state index in [-0.39, 0.29) is 11.9 Å². The average Bonchev–Trinajstić information content (AvgIpc) is 2.09. The first-order valence-corrected chi connectivity index (χ1v) is 4.81. The van der Waals surface area contributed by atoms with Crippen LogP contribution in [0.3, 0.4) is 0 Å². The first kappa shape index (κ1) is 10.5. The van der Waals surface area contributed by atoms with Crippen LogP contribution in [-0.2, 0) is 0 Å². The van der Waals surface area contributed by atoms with Crippen molar-refractivity contribution in [3.05, 3.63) is 35.6 Å². The van der Waals surface area contributed by atoms with Gasteiger partial charge in [-0.3, -0.25) is 0 Å². The summed E-state index contributed by atoms with van der Waals surface area (Å²) in [7, 11) is 3.85. The van der Waals surface area contributed by atoms with Crippen LogP contribution in [0.4, 0.5) is 4.39 Å². The molecule has 0 radical (unpaired) electrons. The number of thiol groups is 1. The van der Waals surface area contributed by atoms with Gasteiger partial charge in [0, 0.05) is 17.4 Å². The molecule has 72 valence electrons. The zero-order chi connectivity index (χ0) is 9.84. The van der Waals surface area contributed by atoms with Gasteiger partial charge in [-0.2, -0.15) is 12.6 Å². The van der Waals surface area contributed by atoms with Crippen molar-refractivity contribution in [3.63, 3.8) is 0 Å². The Morgan fingerprint density at radius 2 is 2.00 bits per heavy atom. The van der Waals surface area contributed by atoms with Gasteiger partial charge >= 0.3 is 0 Å². The van der Waals surface area contributed by atoms with Gasteiger partial charge in [0.05, 0.1) is 0 Å². The zero-order valence-corrected chi connectivity index (χ0v) is 8.76. The predicted octanol–water partition coefficient (Wildman–Crippen LogP) is 2.36. The maximum atomic E-state index is 13.3. The van der Waals surface area contributed by atoms with Crippen molar-refractivity contribution in [2.75, 3.05) is 19.8 Å². The van der Waals surface area contributed by atoms with E-state index in [4.69, 9.17) is 0 Å². The molecule has 1 atom stereocenters. The Kier molecular flexibility index (Phi) is 3.75.